The Kier molecular flexibility index (Phi) is 3.42. The first-order valence-electron chi connectivity index (χ1n) is 6.13. The van der Waals surface area contributed by atoms with Gasteiger partial charge < -0.3 is 9.84 Å². The largest absolute Gasteiger partial charge is 0.338 e. The Morgan fingerprint density at radius 1 is 1.29 bits per heavy atom. The van der Waals surface area contributed by atoms with Gasteiger partial charge in [0.2, 0.25) is 5.88 Å². The highest BCUT2D eigenvalue weighted by molar-refractivity contribution is 5.48. The minimum absolute atomic E-state index is 0.314. The Hall–Kier alpha value is -3.03. The number of rotatable bonds is 4. The first-order valence-corrected chi connectivity index (χ1v) is 6.13. The van der Waals surface area contributed by atoms with Gasteiger partial charge in [0.15, 0.2) is 5.82 Å². The van der Waals surface area contributed by atoms with Crippen molar-refractivity contribution in [2.75, 3.05) is 5.32 Å². The molecular weight excluding hydrogens is 275 g/mol. The molecule has 106 valence electrons. The van der Waals surface area contributed by atoms with Gasteiger partial charge in [-0.3, -0.25) is 0 Å². The molecule has 0 aliphatic carbocycles. The summed E-state index contributed by atoms with van der Waals surface area (Å²) in [6, 6.07) is 7.64. The van der Waals surface area contributed by atoms with E-state index in [0.717, 1.165) is 5.69 Å². The van der Waals surface area contributed by atoms with Gasteiger partial charge in [0.05, 0.1) is 11.4 Å². The third kappa shape index (κ3) is 2.94. The number of hydrogen-bond acceptors (Lipinski definition) is 6. The van der Waals surface area contributed by atoms with Gasteiger partial charge in [-0.05, 0) is 41.6 Å². The topological polar surface area (TPSA) is 81.7 Å². The molecule has 2 heterocycles. The highest BCUT2D eigenvalue weighted by Crippen LogP contribution is 2.11. The molecule has 1 N–H and O–H groups in total. The fourth-order valence-corrected chi connectivity index (χ4v) is 1.69. The predicted octanol–water partition coefficient (Wildman–Crippen LogP) is 2.18. The highest BCUT2D eigenvalue weighted by atomic mass is 19.1. The number of nitrogens with zero attached hydrogens (tertiary/aromatic N) is 5. The van der Waals surface area contributed by atoms with E-state index >= 15 is 0 Å². The molecule has 8 heteroatoms. The van der Waals surface area contributed by atoms with Crippen LogP contribution in [0.3, 0.4) is 0 Å². The summed E-state index contributed by atoms with van der Waals surface area (Å²) in [5, 5.41) is 18.0. The first kappa shape index (κ1) is 13.0. The van der Waals surface area contributed by atoms with Crippen LogP contribution in [0.25, 0.3) is 11.8 Å². The highest BCUT2D eigenvalue weighted by Gasteiger charge is 2.05. The Labute approximate surface area is 119 Å². The Morgan fingerprint density at radius 3 is 2.81 bits per heavy atom. The molecule has 0 bridgehead atoms. The summed E-state index contributed by atoms with van der Waals surface area (Å²) in [7, 11) is 0. The van der Waals surface area contributed by atoms with E-state index in [4.69, 9.17) is 4.52 Å². The zero-order valence-electron chi connectivity index (χ0n) is 11.1. The summed E-state index contributed by atoms with van der Waals surface area (Å²) in [5.74, 6) is 0.696. The Morgan fingerprint density at radius 2 is 2.10 bits per heavy atom. The van der Waals surface area contributed by atoms with E-state index in [9.17, 15) is 4.39 Å². The molecule has 0 radical (unpaired) electrons. The molecule has 0 saturated heterocycles. The SMILES string of the molecule is Cc1cc(N/C=C\c2nnnn2-c2ccc(F)cc2)on1. The number of halogens is 1. The first-order chi connectivity index (χ1) is 10.2. The summed E-state index contributed by atoms with van der Waals surface area (Å²) >= 11 is 0. The molecular formula is C13H11FN6O. The van der Waals surface area contributed by atoms with Gasteiger partial charge in [0.1, 0.15) is 5.82 Å². The lowest BCUT2D eigenvalue weighted by molar-refractivity contribution is 0.429. The molecule has 0 unspecified atom stereocenters. The smallest absolute Gasteiger partial charge is 0.228 e. The van der Waals surface area contributed by atoms with Crippen LogP contribution in [-0.2, 0) is 0 Å². The maximum absolute atomic E-state index is 12.9. The number of aryl methyl sites for hydroxylation is 1. The molecule has 1 aromatic carbocycles. The Balaban J connectivity index is 1.77. The zero-order valence-corrected chi connectivity index (χ0v) is 11.1. The quantitative estimate of drug-likeness (QED) is 0.791. The Bertz CT molecular complexity index is 761. The van der Waals surface area contributed by atoms with E-state index in [0.29, 0.717) is 17.4 Å². The average Bonchev–Trinajstić information content (AvgIpc) is 3.09. The average molecular weight is 286 g/mol. The molecule has 2 aromatic heterocycles. The lowest BCUT2D eigenvalue weighted by Crippen LogP contribution is -2.00. The van der Waals surface area contributed by atoms with Gasteiger partial charge in [-0.2, -0.15) is 4.68 Å². The van der Waals surface area contributed by atoms with Crippen molar-refractivity contribution in [2.24, 2.45) is 0 Å². The van der Waals surface area contributed by atoms with Crippen LogP contribution in [0.4, 0.5) is 10.3 Å². The molecule has 21 heavy (non-hydrogen) atoms. The zero-order chi connectivity index (χ0) is 14.7. The van der Waals surface area contributed by atoms with Crippen LogP contribution in [0.2, 0.25) is 0 Å². The molecule has 7 nitrogen and oxygen atoms in total. The summed E-state index contributed by atoms with van der Waals surface area (Å²) in [5.41, 5.74) is 1.44. The van der Waals surface area contributed by atoms with Crippen molar-refractivity contribution in [2.45, 2.75) is 6.92 Å². The van der Waals surface area contributed by atoms with Gasteiger partial charge in [0, 0.05) is 18.3 Å². The van der Waals surface area contributed by atoms with E-state index < -0.39 is 0 Å². The summed E-state index contributed by atoms with van der Waals surface area (Å²) in [4.78, 5) is 0. The minimum Gasteiger partial charge on any atom is -0.338 e. The number of anilines is 1. The van der Waals surface area contributed by atoms with E-state index in [2.05, 4.69) is 26.0 Å². The molecule has 0 fully saturated rings. The van der Waals surface area contributed by atoms with Crippen LogP contribution < -0.4 is 5.32 Å². The maximum Gasteiger partial charge on any atom is 0.228 e. The molecule has 0 aliphatic rings. The van der Waals surface area contributed by atoms with Gasteiger partial charge in [0.25, 0.3) is 0 Å². The number of tetrazole rings is 1. The molecule has 0 amide bonds. The third-order valence-corrected chi connectivity index (χ3v) is 2.65. The molecule has 3 aromatic rings. The fraction of sp³-hybridized carbons (Fsp3) is 0.0769. The second-order valence-corrected chi connectivity index (χ2v) is 4.24. The second kappa shape index (κ2) is 5.53. The summed E-state index contributed by atoms with van der Waals surface area (Å²) < 4.78 is 19.4. The van der Waals surface area contributed by atoms with Crippen molar-refractivity contribution in [3.63, 3.8) is 0 Å². The molecule has 0 aliphatic heterocycles. The van der Waals surface area contributed by atoms with Gasteiger partial charge >= 0.3 is 0 Å². The lowest BCUT2D eigenvalue weighted by atomic mass is 10.3. The monoisotopic (exact) mass is 286 g/mol. The normalized spacial score (nSPS) is 11.1. The molecule has 3 rings (SSSR count). The van der Waals surface area contributed by atoms with Crippen molar-refractivity contribution < 1.29 is 8.91 Å². The molecule has 0 saturated carbocycles. The number of hydrogen-bond donors (Lipinski definition) is 1. The van der Waals surface area contributed by atoms with Gasteiger partial charge in [-0.15, -0.1) is 5.10 Å². The van der Waals surface area contributed by atoms with E-state index in [1.807, 2.05) is 6.92 Å². The van der Waals surface area contributed by atoms with Crippen LogP contribution in [0.1, 0.15) is 11.5 Å². The standard InChI is InChI=1S/C13H11FN6O/c1-9-8-13(21-17-9)15-7-6-12-16-18-19-20(12)11-4-2-10(14)3-5-11/h2-8,15H,1H3/b7-6-. The predicted molar refractivity (Wildman–Crippen MR) is 73.0 cm³/mol. The number of aromatic nitrogens is 5. The minimum atomic E-state index is -0.314. The van der Waals surface area contributed by atoms with Crippen LogP contribution in [-0.4, -0.2) is 25.4 Å². The lowest BCUT2D eigenvalue weighted by Gasteiger charge is -2.01. The van der Waals surface area contributed by atoms with Crippen molar-refractivity contribution in [1.29, 1.82) is 0 Å². The van der Waals surface area contributed by atoms with Crippen LogP contribution in [0.15, 0.2) is 41.1 Å². The van der Waals surface area contributed by atoms with Crippen molar-refractivity contribution in [1.82, 2.24) is 25.4 Å². The van der Waals surface area contributed by atoms with E-state index in [1.165, 1.54) is 16.8 Å². The van der Waals surface area contributed by atoms with E-state index in [1.54, 1.807) is 30.5 Å². The fourth-order valence-electron chi connectivity index (χ4n) is 1.69. The van der Waals surface area contributed by atoms with Crippen LogP contribution in [0.5, 0.6) is 0 Å². The van der Waals surface area contributed by atoms with Crippen molar-refractivity contribution >= 4 is 12.0 Å². The van der Waals surface area contributed by atoms with Crippen molar-refractivity contribution in [3.05, 3.63) is 53.9 Å². The third-order valence-electron chi connectivity index (χ3n) is 2.65. The van der Waals surface area contributed by atoms with Crippen LogP contribution >= 0.6 is 0 Å². The van der Waals surface area contributed by atoms with Crippen LogP contribution in [0, 0.1) is 12.7 Å². The van der Waals surface area contributed by atoms with Gasteiger partial charge in [-0.25, -0.2) is 4.39 Å². The molecule has 0 spiro atoms. The summed E-state index contributed by atoms with van der Waals surface area (Å²) in [6.45, 7) is 1.83. The number of benzene rings is 1. The molecule has 0 atom stereocenters. The van der Waals surface area contributed by atoms with E-state index in [-0.39, 0.29) is 5.82 Å². The number of nitrogens with one attached hydrogen (secondary N) is 1. The maximum atomic E-state index is 12.9. The second-order valence-electron chi connectivity index (χ2n) is 4.24. The van der Waals surface area contributed by atoms with Crippen molar-refractivity contribution in [3.8, 4) is 5.69 Å². The van der Waals surface area contributed by atoms with Gasteiger partial charge in [-0.1, -0.05) is 5.16 Å². The summed E-state index contributed by atoms with van der Waals surface area (Å²) in [6.07, 6.45) is 3.30.